The molecule has 0 unspecified atom stereocenters. The first-order chi connectivity index (χ1) is 10.2. The largest absolute Gasteiger partial charge is 0.463 e. The highest BCUT2D eigenvalue weighted by molar-refractivity contribution is 5.36. The highest BCUT2D eigenvalue weighted by Crippen LogP contribution is 2.13. The van der Waals surface area contributed by atoms with E-state index >= 15 is 0 Å². The van der Waals surface area contributed by atoms with Gasteiger partial charge in [-0.15, -0.1) is 0 Å². The van der Waals surface area contributed by atoms with Crippen LogP contribution in [0.2, 0.25) is 0 Å². The van der Waals surface area contributed by atoms with Gasteiger partial charge in [0, 0.05) is 6.54 Å². The van der Waals surface area contributed by atoms with Crippen molar-refractivity contribution in [3.63, 3.8) is 0 Å². The molecule has 1 aromatic heterocycles. The standard InChI is InChI=1S/C15H21N5O/c1-3-9-21-15-19-13(16)18-14(20-15)17-10-12-8-6-5-7-11(12)4-2/h5-8H,3-4,9-10H2,1-2H3,(H3,16,17,18,19,20). The first-order valence-corrected chi connectivity index (χ1v) is 7.18. The quantitative estimate of drug-likeness (QED) is 0.813. The minimum absolute atomic E-state index is 0.155. The van der Waals surface area contributed by atoms with Crippen molar-refractivity contribution in [1.29, 1.82) is 0 Å². The molecule has 0 spiro atoms. The third kappa shape index (κ3) is 4.30. The first kappa shape index (κ1) is 15.0. The summed E-state index contributed by atoms with van der Waals surface area (Å²) in [6.45, 7) is 5.35. The summed E-state index contributed by atoms with van der Waals surface area (Å²) in [5.41, 5.74) is 8.19. The van der Waals surface area contributed by atoms with E-state index in [2.05, 4.69) is 39.3 Å². The first-order valence-electron chi connectivity index (χ1n) is 7.18. The Morgan fingerprint density at radius 1 is 1.10 bits per heavy atom. The van der Waals surface area contributed by atoms with Crippen LogP contribution in [0.25, 0.3) is 0 Å². The average molecular weight is 287 g/mol. The average Bonchev–Trinajstić information content (AvgIpc) is 2.50. The normalized spacial score (nSPS) is 10.4. The molecule has 2 aromatic rings. The van der Waals surface area contributed by atoms with Crippen molar-refractivity contribution in [1.82, 2.24) is 15.0 Å². The predicted molar refractivity (Wildman–Crippen MR) is 83.2 cm³/mol. The third-order valence-corrected chi connectivity index (χ3v) is 3.00. The summed E-state index contributed by atoms with van der Waals surface area (Å²) in [7, 11) is 0. The maximum Gasteiger partial charge on any atom is 0.323 e. The Morgan fingerprint density at radius 2 is 1.86 bits per heavy atom. The molecule has 1 aromatic carbocycles. The number of nitrogens with zero attached hydrogens (tertiary/aromatic N) is 3. The molecule has 0 saturated carbocycles. The van der Waals surface area contributed by atoms with Gasteiger partial charge in [-0.2, -0.15) is 15.0 Å². The minimum atomic E-state index is 0.155. The van der Waals surface area contributed by atoms with Crippen LogP contribution in [0.1, 0.15) is 31.4 Å². The van der Waals surface area contributed by atoms with Gasteiger partial charge in [0.25, 0.3) is 0 Å². The molecular formula is C15H21N5O. The van der Waals surface area contributed by atoms with E-state index in [9.17, 15) is 0 Å². The van der Waals surface area contributed by atoms with Gasteiger partial charge in [0.2, 0.25) is 11.9 Å². The molecule has 3 N–H and O–H groups in total. The monoisotopic (exact) mass is 287 g/mol. The number of hydrogen-bond donors (Lipinski definition) is 2. The molecule has 0 aliphatic rings. The number of hydrogen-bond acceptors (Lipinski definition) is 6. The van der Waals surface area contributed by atoms with Gasteiger partial charge in [-0.1, -0.05) is 38.1 Å². The molecule has 0 bridgehead atoms. The van der Waals surface area contributed by atoms with Crippen molar-refractivity contribution < 1.29 is 4.74 Å². The molecular weight excluding hydrogens is 266 g/mol. The van der Waals surface area contributed by atoms with E-state index in [1.54, 1.807) is 0 Å². The summed E-state index contributed by atoms with van der Waals surface area (Å²) in [4.78, 5) is 12.2. The smallest absolute Gasteiger partial charge is 0.323 e. The maximum atomic E-state index is 5.67. The third-order valence-electron chi connectivity index (χ3n) is 3.00. The molecule has 6 nitrogen and oxygen atoms in total. The van der Waals surface area contributed by atoms with E-state index in [4.69, 9.17) is 10.5 Å². The van der Waals surface area contributed by atoms with Crippen LogP contribution in [0.4, 0.5) is 11.9 Å². The summed E-state index contributed by atoms with van der Waals surface area (Å²) < 4.78 is 5.39. The van der Waals surface area contributed by atoms with Crippen LogP contribution in [-0.2, 0) is 13.0 Å². The van der Waals surface area contributed by atoms with Crippen LogP contribution in [0, 0.1) is 0 Å². The zero-order valence-corrected chi connectivity index (χ0v) is 12.5. The molecule has 0 radical (unpaired) electrons. The second kappa shape index (κ2) is 7.42. The SMILES string of the molecule is CCCOc1nc(N)nc(NCc2ccccc2CC)n1. The summed E-state index contributed by atoms with van der Waals surface area (Å²) in [5, 5.41) is 3.17. The van der Waals surface area contributed by atoms with E-state index in [-0.39, 0.29) is 12.0 Å². The molecule has 0 saturated heterocycles. The van der Waals surface area contributed by atoms with Crippen molar-refractivity contribution in [2.75, 3.05) is 17.7 Å². The minimum Gasteiger partial charge on any atom is -0.463 e. The number of rotatable bonds is 7. The van der Waals surface area contributed by atoms with Crippen LogP contribution in [0.3, 0.4) is 0 Å². The Bertz CT molecular complexity index is 588. The molecule has 112 valence electrons. The lowest BCUT2D eigenvalue weighted by molar-refractivity contribution is 0.292. The predicted octanol–water partition coefficient (Wildman–Crippen LogP) is 2.42. The van der Waals surface area contributed by atoms with E-state index in [1.807, 2.05) is 19.1 Å². The summed E-state index contributed by atoms with van der Waals surface area (Å²) in [5.74, 6) is 0.585. The Hall–Kier alpha value is -2.37. The number of nitrogens with one attached hydrogen (secondary N) is 1. The fourth-order valence-corrected chi connectivity index (χ4v) is 1.96. The Balaban J connectivity index is 2.07. The second-order valence-corrected chi connectivity index (χ2v) is 4.62. The lowest BCUT2D eigenvalue weighted by atomic mass is 10.1. The van der Waals surface area contributed by atoms with Crippen molar-refractivity contribution >= 4 is 11.9 Å². The number of nitrogens with two attached hydrogens (primary N) is 1. The van der Waals surface area contributed by atoms with Crippen LogP contribution >= 0.6 is 0 Å². The van der Waals surface area contributed by atoms with Crippen LogP contribution in [0.5, 0.6) is 6.01 Å². The molecule has 0 atom stereocenters. The highest BCUT2D eigenvalue weighted by Gasteiger charge is 2.06. The highest BCUT2D eigenvalue weighted by atomic mass is 16.5. The summed E-state index contributed by atoms with van der Waals surface area (Å²) in [6.07, 6.45) is 1.88. The number of ether oxygens (including phenoxy) is 1. The lowest BCUT2D eigenvalue weighted by Crippen LogP contribution is -2.10. The Kier molecular flexibility index (Phi) is 5.31. The number of nitrogen functional groups attached to an aromatic ring is 1. The molecule has 0 fully saturated rings. The zero-order valence-electron chi connectivity index (χ0n) is 12.5. The summed E-state index contributed by atoms with van der Waals surface area (Å²) in [6, 6.07) is 8.53. The molecule has 2 rings (SSSR count). The van der Waals surface area contributed by atoms with Gasteiger partial charge in [0.1, 0.15) is 0 Å². The number of aromatic nitrogens is 3. The zero-order chi connectivity index (χ0) is 15.1. The molecule has 1 heterocycles. The maximum absolute atomic E-state index is 5.67. The number of aryl methyl sites for hydroxylation is 1. The molecule has 0 aliphatic heterocycles. The second-order valence-electron chi connectivity index (χ2n) is 4.62. The van der Waals surface area contributed by atoms with Gasteiger partial charge < -0.3 is 15.8 Å². The van der Waals surface area contributed by atoms with Crippen LogP contribution in [0.15, 0.2) is 24.3 Å². The Morgan fingerprint density at radius 3 is 2.57 bits per heavy atom. The molecule has 0 amide bonds. The van der Waals surface area contributed by atoms with Gasteiger partial charge in [-0.25, -0.2) is 0 Å². The van der Waals surface area contributed by atoms with E-state index in [1.165, 1.54) is 11.1 Å². The number of anilines is 2. The topological polar surface area (TPSA) is 86.0 Å². The summed E-state index contributed by atoms with van der Waals surface area (Å²) >= 11 is 0. The molecule has 6 heteroatoms. The van der Waals surface area contributed by atoms with Crippen molar-refractivity contribution in [3.8, 4) is 6.01 Å². The fraction of sp³-hybridized carbons (Fsp3) is 0.400. The van der Waals surface area contributed by atoms with Gasteiger partial charge in [0.05, 0.1) is 6.61 Å². The van der Waals surface area contributed by atoms with Gasteiger partial charge in [-0.05, 0) is 24.0 Å². The lowest BCUT2D eigenvalue weighted by Gasteiger charge is -2.10. The molecule has 21 heavy (non-hydrogen) atoms. The van der Waals surface area contributed by atoms with E-state index in [0.717, 1.165) is 12.8 Å². The van der Waals surface area contributed by atoms with Gasteiger partial charge >= 0.3 is 6.01 Å². The number of benzene rings is 1. The van der Waals surface area contributed by atoms with Gasteiger partial charge in [-0.3, -0.25) is 0 Å². The fourth-order valence-electron chi connectivity index (χ4n) is 1.96. The Labute approximate surface area is 124 Å². The van der Waals surface area contributed by atoms with Gasteiger partial charge in [0.15, 0.2) is 0 Å². The molecule has 0 aliphatic carbocycles. The van der Waals surface area contributed by atoms with E-state index in [0.29, 0.717) is 19.1 Å². The van der Waals surface area contributed by atoms with Crippen molar-refractivity contribution in [2.24, 2.45) is 0 Å². The van der Waals surface area contributed by atoms with E-state index < -0.39 is 0 Å². The van der Waals surface area contributed by atoms with Crippen LogP contribution in [-0.4, -0.2) is 21.6 Å². The van der Waals surface area contributed by atoms with Crippen molar-refractivity contribution in [2.45, 2.75) is 33.2 Å². The van der Waals surface area contributed by atoms with Crippen molar-refractivity contribution in [3.05, 3.63) is 35.4 Å². The van der Waals surface area contributed by atoms with Crippen LogP contribution < -0.4 is 15.8 Å².